The minimum Gasteiger partial charge on any atom is -0.493 e. The van der Waals surface area contributed by atoms with Crippen LogP contribution in [-0.4, -0.2) is 12.4 Å². The fraction of sp³-hybridized carbons (Fsp3) is 0.273. The molecule has 0 heterocycles. The molecule has 0 radical (unpaired) electrons. The molecule has 0 aromatic heterocycles. The average molecular weight is 203 g/mol. The van der Waals surface area contributed by atoms with Crippen molar-refractivity contribution in [2.45, 2.75) is 13.3 Å². The first-order valence-corrected chi connectivity index (χ1v) is 4.70. The van der Waals surface area contributed by atoms with Crippen LogP contribution in [0.2, 0.25) is 0 Å². The fourth-order valence-corrected chi connectivity index (χ4v) is 1.15. The highest BCUT2D eigenvalue weighted by molar-refractivity contribution is 5.98. The van der Waals surface area contributed by atoms with Crippen LogP contribution in [-0.2, 0) is 0 Å². The molecular weight excluding hydrogens is 190 g/mol. The second-order valence-corrected chi connectivity index (χ2v) is 3.08. The van der Waals surface area contributed by atoms with Crippen molar-refractivity contribution in [2.24, 2.45) is 5.73 Å². The van der Waals surface area contributed by atoms with Crippen LogP contribution in [0, 0.1) is 16.7 Å². The summed E-state index contributed by atoms with van der Waals surface area (Å²) in [7, 11) is 0. The van der Waals surface area contributed by atoms with E-state index in [1.807, 2.05) is 13.0 Å². The summed E-state index contributed by atoms with van der Waals surface area (Å²) in [6.07, 6.45) is 0.886. The van der Waals surface area contributed by atoms with Gasteiger partial charge in [0, 0.05) is 0 Å². The van der Waals surface area contributed by atoms with Gasteiger partial charge in [0.05, 0.1) is 23.8 Å². The maximum Gasteiger partial charge on any atom is 0.130 e. The minimum absolute atomic E-state index is 0.0850. The molecule has 4 nitrogen and oxygen atoms in total. The van der Waals surface area contributed by atoms with Gasteiger partial charge in [-0.2, -0.15) is 5.26 Å². The lowest BCUT2D eigenvalue weighted by Crippen LogP contribution is -2.13. The lowest BCUT2D eigenvalue weighted by atomic mass is 10.1. The molecule has 0 saturated heterocycles. The van der Waals surface area contributed by atoms with E-state index < -0.39 is 0 Å². The average Bonchev–Trinajstić information content (AvgIpc) is 2.26. The van der Waals surface area contributed by atoms with Crippen LogP contribution < -0.4 is 10.5 Å². The Kier molecular flexibility index (Phi) is 3.69. The van der Waals surface area contributed by atoms with Crippen molar-refractivity contribution in [2.75, 3.05) is 6.61 Å². The summed E-state index contributed by atoms with van der Waals surface area (Å²) in [5, 5.41) is 16.1. The number of benzene rings is 1. The number of amidine groups is 1. The van der Waals surface area contributed by atoms with Crippen LogP contribution >= 0.6 is 0 Å². The number of nitrogens with one attached hydrogen (secondary N) is 1. The highest BCUT2D eigenvalue weighted by Gasteiger charge is 2.07. The third-order valence-corrected chi connectivity index (χ3v) is 1.86. The van der Waals surface area contributed by atoms with Crippen LogP contribution in [0.1, 0.15) is 24.5 Å². The van der Waals surface area contributed by atoms with Gasteiger partial charge < -0.3 is 10.5 Å². The van der Waals surface area contributed by atoms with E-state index in [4.69, 9.17) is 21.1 Å². The molecule has 0 fully saturated rings. The maximum absolute atomic E-state index is 8.71. The van der Waals surface area contributed by atoms with Crippen LogP contribution in [0.3, 0.4) is 0 Å². The van der Waals surface area contributed by atoms with E-state index >= 15 is 0 Å². The molecule has 0 spiro atoms. The number of nitrogen functional groups attached to an aromatic ring is 1. The molecule has 0 aliphatic carbocycles. The summed E-state index contributed by atoms with van der Waals surface area (Å²) in [5.74, 6) is 0.474. The van der Waals surface area contributed by atoms with Gasteiger partial charge in [-0.3, -0.25) is 5.41 Å². The summed E-state index contributed by atoms with van der Waals surface area (Å²) < 4.78 is 5.42. The molecule has 0 aliphatic rings. The van der Waals surface area contributed by atoms with Gasteiger partial charge in [-0.1, -0.05) is 6.92 Å². The number of nitriles is 1. The zero-order chi connectivity index (χ0) is 11.3. The topological polar surface area (TPSA) is 82.9 Å². The predicted molar refractivity (Wildman–Crippen MR) is 58.0 cm³/mol. The van der Waals surface area contributed by atoms with E-state index in [9.17, 15) is 0 Å². The third kappa shape index (κ3) is 2.71. The summed E-state index contributed by atoms with van der Waals surface area (Å²) in [6, 6.07) is 6.88. The SMILES string of the molecule is CCCOc1ccc(C#N)cc1C(=N)N. The van der Waals surface area contributed by atoms with Crippen molar-refractivity contribution in [3.63, 3.8) is 0 Å². The molecule has 4 heteroatoms. The van der Waals surface area contributed by atoms with Gasteiger partial charge in [0.25, 0.3) is 0 Å². The first-order chi connectivity index (χ1) is 7.19. The molecule has 0 saturated carbocycles. The van der Waals surface area contributed by atoms with Gasteiger partial charge >= 0.3 is 0 Å². The Hall–Kier alpha value is -2.02. The quantitative estimate of drug-likeness (QED) is 0.576. The van der Waals surface area contributed by atoms with Crippen molar-refractivity contribution in [3.05, 3.63) is 29.3 Å². The van der Waals surface area contributed by atoms with Crippen molar-refractivity contribution in [1.29, 1.82) is 10.7 Å². The fourth-order valence-electron chi connectivity index (χ4n) is 1.15. The third-order valence-electron chi connectivity index (χ3n) is 1.86. The smallest absolute Gasteiger partial charge is 0.130 e. The molecule has 0 atom stereocenters. The first-order valence-electron chi connectivity index (χ1n) is 4.70. The number of rotatable bonds is 4. The molecule has 3 N–H and O–H groups in total. The zero-order valence-electron chi connectivity index (χ0n) is 8.58. The summed E-state index contributed by atoms with van der Waals surface area (Å²) in [4.78, 5) is 0. The number of hydrogen-bond acceptors (Lipinski definition) is 3. The zero-order valence-corrected chi connectivity index (χ0v) is 8.58. The highest BCUT2D eigenvalue weighted by atomic mass is 16.5. The van der Waals surface area contributed by atoms with E-state index in [2.05, 4.69) is 0 Å². The van der Waals surface area contributed by atoms with Gasteiger partial charge in [0.2, 0.25) is 0 Å². The van der Waals surface area contributed by atoms with E-state index in [0.717, 1.165) is 6.42 Å². The molecule has 0 bridgehead atoms. The van der Waals surface area contributed by atoms with Crippen LogP contribution in [0.5, 0.6) is 5.75 Å². The standard InChI is InChI=1S/C11H13N3O/c1-2-5-15-10-4-3-8(7-12)6-9(10)11(13)14/h3-4,6H,2,5H2,1H3,(H3,13,14). The molecule has 0 unspecified atom stereocenters. The summed E-state index contributed by atoms with van der Waals surface area (Å²) in [5.41, 5.74) is 6.35. The number of hydrogen-bond donors (Lipinski definition) is 2. The normalized spacial score (nSPS) is 9.33. The second-order valence-electron chi connectivity index (χ2n) is 3.08. The van der Waals surface area contributed by atoms with Crippen molar-refractivity contribution in [1.82, 2.24) is 0 Å². The van der Waals surface area contributed by atoms with Gasteiger partial charge in [0.1, 0.15) is 11.6 Å². The number of nitrogens with zero attached hydrogens (tertiary/aromatic N) is 1. The lowest BCUT2D eigenvalue weighted by Gasteiger charge is -2.09. The Labute approximate surface area is 88.8 Å². The Morgan fingerprint density at radius 3 is 2.87 bits per heavy atom. The lowest BCUT2D eigenvalue weighted by molar-refractivity contribution is 0.317. The van der Waals surface area contributed by atoms with E-state index in [0.29, 0.717) is 23.5 Å². The molecule has 78 valence electrons. The monoisotopic (exact) mass is 203 g/mol. The summed E-state index contributed by atoms with van der Waals surface area (Å²) >= 11 is 0. The van der Waals surface area contributed by atoms with E-state index in [1.54, 1.807) is 18.2 Å². The maximum atomic E-state index is 8.71. The van der Waals surface area contributed by atoms with Crippen molar-refractivity contribution < 1.29 is 4.74 Å². The van der Waals surface area contributed by atoms with Crippen molar-refractivity contribution in [3.8, 4) is 11.8 Å². The Balaban J connectivity index is 3.05. The second kappa shape index (κ2) is 5.01. The van der Waals surface area contributed by atoms with Gasteiger partial charge in [-0.05, 0) is 24.6 Å². The minimum atomic E-state index is -0.0850. The molecule has 1 rings (SSSR count). The molecule has 1 aromatic carbocycles. The number of ether oxygens (including phenoxy) is 1. The first kappa shape index (κ1) is 11.1. The molecule has 15 heavy (non-hydrogen) atoms. The van der Waals surface area contributed by atoms with Crippen molar-refractivity contribution >= 4 is 5.84 Å². The highest BCUT2D eigenvalue weighted by Crippen LogP contribution is 2.19. The van der Waals surface area contributed by atoms with E-state index in [-0.39, 0.29) is 5.84 Å². The summed E-state index contributed by atoms with van der Waals surface area (Å²) in [6.45, 7) is 2.57. The number of nitrogens with two attached hydrogens (primary N) is 1. The van der Waals surface area contributed by atoms with Gasteiger partial charge in [-0.25, -0.2) is 0 Å². The Bertz CT molecular complexity index is 407. The van der Waals surface area contributed by atoms with Crippen LogP contribution in [0.4, 0.5) is 0 Å². The Morgan fingerprint density at radius 2 is 2.33 bits per heavy atom. The Morgan fingerprint density at radius 1 is 1.60 bits per heavy atom. The van der Waals surface area contributed by atoms with Crippen LogP contribution in [0.15, 0.2) is 18.2 Å². The largest absolute Gasteiger partial charge is 0.493 e. The molecule has 1 aromatic rings. The molecule has 0 amide bonds. The van der Waals surface area contributed by atoms with Crippen LogP contribution in [0.25, 0.3) is 0 Å². The van der Waals surface area contributed by atoms with Gasteiger partial charge in [0.15, 0.2) is 0 Å². The molecular formula is C11H13N3O. The van der Waals surface area contributed by atoms with Gasteiger partial charge in [-0.15, -0.1) is 0 Å². The predicted octanol–water partition coefficient (Wildman–Crippen LogP) is 1.63. The van der Waals surface area contributed by atoms with E-state index in [1.165, 1.54) is 0 Å². The molecule has 0 aliphatic heterocycles.